The Morgan fingerprint density at radius 1 is 1.19 bits per heavy atom. The summed E-state index contributed by atoms with van der Waals surface area (Å²) >= 11 is 0. The fourth-order valence-electron chi connectivity index (χ4n) is 3.62. The Hall–Kier alpha value is -3.03. The Morgan fingerprint density at radius 3 is 2.70 bits per heavy atom. The molecule has 0 aromatic carbocycles. The largest absolute Gasteiger partial charge is 0.361 e. The van der Waals surface area contributed by atoms with Gasteiger partial charge in [0, 0.05) is 31.5 Å². The Bertz CT molecular complexity index is 958. The number of hydrogen-bond acceptors (Lipinski definition) is 7. The highest BCUT2D eigenvalue weighted by atomic mass is 16.5. The van der Waals surface area contributed by atoms with Crippen molar-refractivity contribution in [3.63, 3.8) is 0 Å². The van der Waals surface area contributed by atoms with Crippen molar-refractivity contribution in [1.82, 2.24) is 25.2 Å². The minimum absolute atomic E-state index is 0.108. The molecule has 0 N–H and O–H groups in total. The average molecular weight is 367 g/mol. The second kappa shape index (κ2) is 6.94. The zero-order valence-corrected chi connectivity index (χ0v) is 15.6. The maximum Gasteiger partial charge on any atom is 0.292 e. The van der Waals surface area contributed by atoms with Crippen molar-refractivity contribution in [2.24, 2.45) is 5.92 Å². The third kappa shape index (κ3) is 3.34. The van der Waals surface area contributed by atoms with Crippen molar-refractivity contribution in [2.45, 2.75) is 33.6 Å². The van der Waals surface area contributed by atoms with Gasteiger partial charge in [0.25, 0.3) is 5.91 Å². The van der Waals surface area contributed by atoms with Crippen LogP contribution in [-0.2, 0) is 6.42 Å². The van der Waals surface area contributed by atoms with Gasteiger partial charge in [0.15, 0.2) is 0 Å². The van der Waals surface area contributed by atoms with Gasteiger partial charge in [-0.15, -0.1) is 0 Å². The summed E-state index contributed by atoms with van der Waals surface area (Å²) in [6.45, 7) is 6.94. The highest BCUT2D eigenvalue weighted by Crippen LogP contribution is 2.30. The lowest BCUT2D eigenvalue weighted by Gasteiger charge is -2.15. The summed E-state index contributed by atoms with van der Waals surface area (Å²) in [7, 11) is 0. The number of likely N-dealkylation sites (tertiary alicyclic amines) is 1. The molecule has 0 aliphatic carbocycles. The average Bonchev–Trinajstić information content (AvgIpc) is 3.37. The standard InChI is InChI=1S/C19H21N5O3/c1-11-8-16(27-22-11)19(25)24-7-4-14(10-24)9-15-18(21-6-5-20-15)17-12(2)23-26-13(17)3/h5-6,8,14H,4,7,9-10H2,1-3H3/t14-/m1/s1. The van der Waals surface area contributed by atoms with Gasteiger partial charge in [-0.2, -0.15) is 0 Å². The first kappa shape index (κ1) is 17.4. The highest BCUT2D eigenvalue weighted by Gasteiger charge is 2.30. The van der Waals surface area contributed by atoms with Gasteiger partial charge in [-0.25, -0.2) is 0 Å². The smallest absolute Gasteiger partial charge is 0.292 e. The fourth-order valence-corrected chi connectivity index (χ4v) is 3.62. The summed E-state index contributed by atoms with van der Waals surface area (Å²) in [5, 5.41) is 7.82. The number of nitrogens with zero attached hydrogens (tertiary/aromatic N) is 5. The van der Waals surface area contributed by atoms with Crippen molar-refractivity contribution in [3.8, 4) is 11.3 Å². The molecule has 0 spiro atoms. The maximum absolute atomic E-state index is 12.5. The summed E-state index contributed by atoms with van der Waals surface area (Å²) < 4.78 is 10.4. The summed E-state index contributed by atoms with van der Waals surface area (Å²) in [5.41, 5.74) is 4.13. The van der Waals surface area contributed by atoms with Crippen LogP contribution in [0.2, 0.25) is 0 Å². The second-order valence-electron chi connectivity index (χ2n) is 6.99. The molecule has 8 heteroatoms. The third-order valence-electron chi connectivity index (χ3n) is 4.94. The molecule has 0 radical (unpaired) electrons. The van der Waals surface area contributed by atoms with E-state index in [-0.39, 0.29) is 5.91 Å². The molecular weight excluding hydrogens is 346 g/mol. The van der Waals surface area contributed by atoms with Gasteiger partial charge >= 0.3 is 0 Å². The van der Waals surface area contributed by atoms with E-state index in [1.54, 1.807) is 25.4 Å². The van der Waals surface area contributed by atoms with E-state index in [1.165, 1.54) is 0 Å². The van der Waals surface area contributed by atoms with Gasteiger partial charge in [-0.05, 0) is 39.5 Å². The number of amides is 1. The van der Waals surface area contributed by atoms with Crippen molar-refractivity contribution in [2.75, 3.05) is 13.1 Å². The van der Waals surface area contributed by atoms with Crippen molar-refractivity contribution in [1.29, 1.82) is 0 Å². The number of aromatic nitrogens is 4. The molecule has 1 fully saturated rings. The Morgan fingerprint density at radius 2 is 2.00 bits per heavy atom. The van der Waals surface area contributed by atoms with Crippen LogP contribution in [0.4, 0.5) is 0 Å². The van der Waals surface area contributed by atoms with Crippen LogP contribution in [0.15, 0.2) is 27.5 Å². The predicted molar refractivity (Wildman–Crippen MR) is 96.0 cm³/mol. The lowest BCUT2D eigenvalue weighted by Crippen LogP contribution is -2.28. The van der Waals surface area contributed by atoms with Crippen LogP contribution >= 0.6 is 0 Å². The molecule has 3 aromatic rings. The van der Waals surface area contributed by atoms with Crippen LogP contribution in [0.1, 0.15) is 39.8 Å². The number of rotatable bonds is 4. The van der Waals surface area contributed by atoms with Crippen LogP contribution in [0.5, 0.6) is 0 Å². The summed E-state index contributed by atoms with van der Waals surface area (Å²) in [6.07, 6.45) is 5.04. The highest BCUT2D eigenvalue weighted by molar-refractivity contribution is 5.91. The Balaban J connectivity index is 1.51. The lowest BCUT2D eigenvalue weighted by atomic mass is 9.98. The lowest BCUT2D eigenvalue weighted by molar-refractivity contribution is 0.0745. The molecule has 1 aliphatic heterocycles. The molecule has 3 aromatic heterocycles. The first-order valence-electron chi connectivity index (χ1n) is 8.98. The molecule has 1 atom stereocenters. The zero-order valence-electron chi connectivity index (χ0n) is 15.6. The molecule has 0 bridgehead atoms. The fraction of sp³-hybridized carbons (Fsp3) is 0.421. The number of carbonyl (C=O) groups excluding carboxylic acids is 1. The van der Waals surface area contributed by atoms with Crippen LogP contribution < -0.4 is 0 Å². The molecule has 1 amide bonds. The third-order valence-corrected chi connectivity index (χ3v) is 4.94. The van der Waals surface area contributed by atoms with E-state index in [2.05, 4.69) is 20.3 Å². The summed E-state index contributed by atoms with van der Waals surface area (Å²) in [4.78, 5) is 23.4. The molecule has 1 aliphatic rings. The van der Waals surface area contributed by atoms with Gasteiger partial charge in [-0.1, -0.05) is 10.3 Å². The molecule has 4 rings (SSSR count). The molecule has 4 heterocycles. The van der Waals surface area contributed by atoms with Crippen molar-refractivity contribution < 1.29 is 13.8 Å². The number of hydrogen-bond donors (Lipinski definition) is 0. The van der Waals surface area contributed by atoms with Crippen LogP contribution in [0.3, 0.4) is 0 Å². The van der Waals surface area contributed by atoms with E-state index in [0.717, 1.165) is 41.2 Å². The molecule has 0 unspecified atom stereocenters. The van der Waals surface area contributed by atoms with Crippen LogP contribution in [0, 0.1) is 26.7 Å². The normalized spacial score (nSPS) is 16.9. The maximum atomic E-state index is 12.5. The SMILES string of the molecule is Cc1cc(C(=O)N2CC[C@H](Cc3nccnc3-c3c(C)noc3C)C2)on1. The molecule has 140 valence electrons. The monoisotopic (exact) mass is 367 g/mol. The van der Waals surface area contributed by atoms with Crippen LogP contribution in [-0.4, -0.2) is 44.2 Å². The van der Waals surface area contributed by atoms with E-state index in [9.17, 15) is 4.79 Å². The van der Waals surface area contributed by atoms with Crippen molar-refractivity contribution in [3.05, 3.63) is 47.1 Å². The quantitative estimate of drug-likeness (QED) is 0.699. The van der Waals surface area contributed by atoms with Gasteiger partial charge in [-0.3, -0.25) is 14.8 Å². The first-order valence-corrected chi connectivity index (χ1v) is 8.98. The van der Waals surface area contributed by atoms with E-state index in [4.69, 9.17) is 9.05 Å². The van der Waals surface area contributed by atoms with Gasteiger partial charge in [0.1, 0.15) is 5.76 Å². The molecule has 1 saturated heterocycles. The topological polar surface area (TPSA) is 98.2 Å². The van der Waals surface area contributed by atoms with E-state index < -0.39 is 0 Å². The predicted octanol–water partition coefficient (Wildman–Crippen LogP) is 2.75. The Labute approximate surface area is 156 Å². The summed E-state index contributed by atoms with van der Waals surface area (Å²) in [6, 6.07) is 1.67. The number of aryl methyl sites for hydroxylation is 3. The minimum Gasteiger partial charge on any atom is -0.361 e. The molecule has 8 nitrogen and oxygen atoms in total. The molecular formula is C19H21N5O3. The van der Waals surface area contributed by atoms with E-state index in [0.29, 0.717) is 30.5 Å². The van der Waals surface area contributed by atoms with Gasteiger partial charge in [0.2, 0.25) is 5.76 Å². The van der Waals surface area contributed by atoms with E-state index in [1.807, 2.05) is 18.7 Å². The Kier molecular flexibility index (Phi) is 4.47. The minimum atomic E-state index is -0.108. The zero-order chi connectivity index (χ0) is 19.0. The van der Waals surface area contributed by atoms with Gasteiger partial charge in [0.05, 0.1) is 28.3 Å². The molecule has 27 heavy (non-hydrogen) atoms. The van der Waals surface area contributed by atoms with Crippen LogP contribution in [0.25, 0.3) is 11.3 Å². The van der Waals surface area contributed by atoms with E-state index >= 15 is 0 Å². The molecule has 0 saturated carbocycles. The summed E-state index contributed by atoms with van der Waals surface area (Å²) in [5.74, 6) is 1.24. The first-order chi connectivity index (χ1) is 13.0. The second-order valence-corrected chi connectivity index (χ2v) is 6.99. The van der Waals surface area contributed by atoms with Crippen molar-refractivity contribution >= 4 is 5.91 Å². The number of carbonyl (C=O) groups is 1. The van der Waals surface area contributed by atoms with Gasteiger partial charge < -0.3 is 13.9 Å².